The zero-order valence-electron chi connectivity index (χ0n) is 12.1. The van der Waals surface area contributed by atoms with Gasteiger partial charge in [0, 0.05) is 11.3 Å². The first-order valence-electron chi connectivity index (χ1n) is 7.05. The van der Waals surface area contributed by atoms with Crippen molar-refractivity contribution >= 4 is 28.8 Å². The summed E-state index contributed by atoms with van der Waals surface area (Å²) < 4.78 is 11.3. The number of ether oxygens (including phenoxy) is 2. The summed E-state index contributed by atoms with van der Waals surface area (Å²) in [6.07, 6.45) is 1.10. The topological polar surface area (TPSA) is 47.6 Å². The van der Waals surface area contributed by atoms with Crippen molar-refractivity contribution in [3.05, 3.63) is 45.1 Å². The summed E-state index contributed by atoms with van der Waals surface area (Å²) in [5.74, 6) is 1.53. The molecule has 1 amide bonds. The van der Waals surface area contributed by atoms with Gasteiger partial charge in [0.05, 0.1) is 10.4 Å². The van der Waals surface area contributed by atoms with Gasteiger partial charge in [-0.1, -0.05) is 17.7 Å². The van der Waals surface area contributed by atoms with Gasteiger partial charge in [-0.3, -0.25) is 4.79 Å². The molecular weight excluding hydrogens is 322 g/mol. The first-order valence-corrected chi connectivity index (χ1v) is 8.24. The lowest BCUT2D eigenvalue weighted by Gasteiger charge is -2.12. The second kappa shape index (κ2) is 6.58. The number of benzene rings is 1. The monoisotopic (exact) mass is 337 g/mol. The van der Waals surface area contributed by atoms with Crippen LogP contribution in [0, 0.1) is 0 Å². The minimum Gasteiger partial charge on any atom is -0.454 e. The van der Waals surface area contributed by atoms with E-state index in [9.17, 15) is 4.79 Å². The van der Waals surface area contributed by atoms with Gasteiger partial charge in [0.25, 0.3) is 0 Å². The standard InChI is InChI=1S/C16H16ClNO3S/c1-10(14-5-6-15(17)22-14)18-16(19)7-3-11-2-4-12-13(8-11)21-9-20-12/h2,4-6,8,10H,3,7,9H2,1H3,(H,18,19). The molecule has 1 N–H and O–H groups in total. The first-order chi connectivity index (χ1) is 10.6. The van der Waals surface area contributed by atoms with Crippen molar-refractivity contribution < 1.29 is 14.3 Å². The average molecular weight is 338 g/mol. The van der Waals surface area contributed by atoms with Crippen LogP contribution >= 0.6 is 22.9 Å². The highest BCUT2D eigenvalue weighted by Crippen LogP contribution is 2.32. The summed E-state index contributed by atoms with van der Waals surface area (Å²) in [5, 5.41) is 2.99. The van der Waals surface area contributed by atoms with E-state index in [0.717, 1.165) is 26.3 Å². The Kier molecular flexibility index (Phi) is 4.55. The van der Waals surface area contributed by atoms with Gasteiger partial charge in [-0.15, -0.1) is 11.3 Å². The van der Waals surface area contributed by atoms with Crippen LogP contribution in [0.2, 0.25) is 4.34 Å². The molecule has 2 aromatic rings. The van der Waals surface area contributed by atoms with Crippen LogP contribution in [0.15, 0.2) is 30.3 Å². The average Bonchev–Trinajstić information content (AvgIpc) is 3.13. The third kappa shape index (κ3) is 3.54. The Bertz CT molecular complexity index is 686. The lowest BCUT2D eigenvalue weighted by molar-refractivity contribution is -0.121. The molecule has 0 bridgehead atoms. The fourth-order valence-corrected chi connectivity index (χ4v) is 3.36. The number of carbonyl (C=O) groups is 1. The summed E-state index contributed by atoms with van der Waals surface area (Å²) in [4.78, 5) is 13.1. The van der Waals surface area contributed by atoms with Crippen LogP contribution < -0.4 is 14.8 Å². The number of hydrogen-bond acceptors (Lipinski definition) is 4. The third-order valence-electron chi connectivity index (χ3n) is 3.48. The molecule has 1 atom stereocenters. The van der Waals surface area contributed by atoms with Gasteiger partial charge in [0.2, 0.25) is 12.7 Å². The highest BCUT2D eigenvalue weighted by molar-refractivity contribution is 7.16. The Morgan fingerprint density at radius 1 is 1.32 bits per heavy atom. The van der Waals surface area contributed by atoms with Gasteiger partial charge in [-0.05, 0) is 43.2 Å². The van der Waals surface area contributed by atoms with Crippen molar-refractivity contribution in [2.75, 3.05) is 6.79 Å². The SMILES string of the molecule is CC(NC(=O)CCc1ccc2c(c1)OCO2)c1ccc(Cl)s1. The van der Waals surface area contributed by atoms with Crippen molar-refractivity contribution in [1.82, 2.24) is 5.32 Å². The molecule has 4 nitrogen and oxygen atoms in total. The number of aryl methyl sites for hydroxylation is 1. The van der Waals surface area contributed by atoms with E-state index in [0.29, 0.717) is 12.8 Å². The van der Waals surface area contributed by atoms with Crippen LogP contribution in [0.25, 0.3) is 0 Å². The van der Waals surface area contributed by atoms with E-state index >= 15 is 0 Å². The van der Waals surface area contributed by atoms with Gasteiger partial charge in [0.1, 0.15) is 0 Å². The van der Waals surface area contributed by atoms with Crippen LogP contribution in [-0.4, -0.2) is 12.7 Å². The summed E-state index contributed by atoms with van der Waals surface area (Å²) in [5.41, 5.74) is 1.06. The first kappa shape index (κ1) is 15.2. The molecule has 1 aromatic heterocycles. The van der Waals surface area contributed by atoms with Crippen LogP contribution in [0.3, 0.4) is 0 Å². The number of thiophene rings is 1. The van der Waals surface area contributed by atoms with Crippen LogP contribution in [-0.2, 0) is 11.2 Å². The molecule has 0 spiro atoms. The maximum absolute atomic E-state index is 12.0. The molecule has 1 aliphatic heterocycles. The molecule has 0 radical (unpaired) electrons. The van der Waals surface area contributed by atoms with Gasteiger partial charge >= 0.3 is 0 Å². The zero-order valence-corrected chi connectivity index (χ0v) is 13.7. The molecule has 0 aliphatic carbocycles. The van der Waals surface area contributed by atoms with E-state index in [-0.39, 0.29) is 18.7 Å². The third-order valence-corrected chi connectivity index (χ3v) is 4.89. The number of halogens is 1. The number of amides is 1. The molecule has 116 valence electrons. The molecule has 0 saturated heterocycles. The molecule has 22 heavy (non-hydrogen) atoms. The Morgan fingerprint density at radius 3 is 2.91 bits per heavy atom. The van der Waals surface area contributed by atoms with Crippen molar-refractivity contribution in [2.45, 2.75) is 25.8 Å². The van der Waals surface area contributed by atoms with E-state index in [1.165, 1.54) is 11.3 Å². The maximum atomic E-state index is 12.0. The molecule has 3 rings (SSSR count). The minimum absolute atomic E-state index is 0.0229. The summed E-state index contributed by atoms with van der Waals surface area (Å²) in [6.45, 7) is 2.22. The molecule has 0 fully saturated rings. The quantitative estimate of drug-likeness (QED) is 0.899. The number of hydrogen-bond donors (Lipinski definition) is 1. The van der Waals surface area contributed by atoms with Crippen molar-refractivity contribution in [1.29, 1.82) is 0 Å². The molecule has 1 aliphatic rings. The van der Waals surface area contributed by atoms with Crippen LogP contribution in [0.1, 0.15) is 29.8 Å². The maximum Gasteiger partial charge on any atom is 0.231 e. The molecule has 0 saturated carbocycles. The van der Waals surface area contributed by atoms with Crippen LogP contribution in [0.5, 0.6) is 11.5 Å². The Morgan fingerprint density at radius 2 is 2.14 bits per heavy atom. The Hall–Kier alpha value is -1.72. The van der Waals surface area contributed by atoms with Gasteiger partial charge in [-0.25, -0.2) is 0 Å². The van der Waals surface area contributed by atoms with E-state index in [4.69, 9.17) is 21.1 Å². The molecule has 2 heterocycles. The molecule has 1 unspecified atom stereocenters. The highest BCUT2D eigenvalue weighted by Gasteiger charge is 2.15. The summed E-state index contributed by atoms with van der Waals surface area (Å²) >= 11 is 7.40. The predicted octanol–water partition coefficient (Wildman–Crippen LogP) is 3.94. The summed E-state index contributed by atoms with van der Waals surface area (Å²) in [6, 6.07) is 9.53. The smallest absolute Gasteiger partial charge is 0.231 e. The Labute approximate surface area is 138 Å². The summed E-state index contributed by atoms with van der Waals surface area (Å²) in [7, 11) is 0. The fourth-order valence-electron chi connectivity index (χ4n) is 2.30. The lowest BCUT2D eigenvalue weighted by Crippen LogP contribution is -2.26. The largest absolute Gasteiger partial charge is 0.454 e. The van der Waals surface area contributed by atoms with Gasteiger partial charge in [-0.2, -0.15) is 0 Å². The number of fused-ring (bicyclic) bond motifs is 1. The highest BCUT2D eigenvalue weighted by atomic mass is 35.5. The number of nitrogens with one attached hydrogen (secondary N) is 1. The van der Waals surface area contributed by atoms with E-state index in [1.807, 2.05) is 37.3 Å². The number of carbonyl (C=O) groups excluding carboxylic acids is 1. The fraction of sp³-hybridized carbons (Fsp3) is 0.312. The van der Waals surface area contributed by atoms with Crippen molar-refractivity contribution in [3.63, 3.8) is 0 Å². The van der Waals surface area contributed by atoms with Gasteiger partial charge < -0.3 is 14.8 Å². The number of rotatable bonds is 5. The lowest BCUT2D eigenvalue weighted by atomic mass is 10.1. The van der Waals surface area contributed by atoms with Crippen molar-refractivity contribution in [3.8, 4) is 11.5 Å². The van der Waals surface area contributed by atoms with E-state index in [2.05, 4.69) is 5.32 Å². The normalized spacial score (nSPS) is 13.9. The van der Waals surface area contributed by atoms with E-state index in [1.54, 1.807) is 0 Å². The van der Waals surface area contributed by atoms with Crippen LogP contribution in [0.4, 0.5) is 0 Å². The molecule has 1 aromatic carbocycles. The van der Waals surface area contributed by atoms with Crippen molar-refractivity contribution in [2.24, 2.45) is 0 Å². The second-order valence-corrected chi connectivity index (χ2v) is 6.87. The molecule has 6 heteroatoms. The van der Waals surface area contributed by atoms with Gasteiger partial charge in [0.15, 0.2) is 11.5 Å². The predicted molar refractivity (Wildman–Crippen MR) is 86.8 cm³/mol. The molecular formula is C16H16ClNO3S. The second-order valence-electron chi connectivity index (χ2n) is 5.12. The minimum atomic E-state index is -0.0262. The zero-order chi connectivity index (χ0) is 15.5. The Balaban J connectivity index is 1.52. The van der Waals surface area contributed by atoms with E-state index < -0.39 is 0 Å².